The molecule has 12 aromatic carbocycles. The first kappa shape index (κ1) is 39.0. The fourth-order valence-electron chi connectivity index (χ4n) is 14.1. The van der Waals surface area contributed by atoms with Crippen LogP contribution >= 0.6 is 0 Å². The standard InChI is InChI=1S/C70H40N2O2/c1-3-15-46-40(13-1)25-29-52-54-34-42-33-43-35-55-53-30-26-41-14-2-4-16-47(41)69(53)72(45-28-32-67-57(37-45)51-20-8-12-24-65(51)74-67)63(55)39-61(43)70(58-21-9-5-17-48(58)49-18-6-10-22-59(49)70)60(42)38-62(54)71(68(46)52)44-27-31-66-56(36-44)50-19-7-11-23-64(50)73-66/h1-32,34-39H,33H2. The molecule has 2 aliphatic carbocycles. The lowest BCUT2D eigenvalue weighted by atomic mass is 9.61. The summed E-state index contributed by atoms with van der Waals surface area (Å²) in [6.45, 7) is 0. The van der Waals surface area contributed by atoms with Crippen LogP contribution in [-0.4, -0.2) is 9.13 Å². The molecular formula is C70H40N2O2. The molecule has 18 rings (SSSR count). The maximum Gasteiger partial charge on any atom is 0.135 e. The lowest BCUT2D eigenvalue weighted by Crippen LogP contribution is -2.34. The molecule has 4 heteroatoms. The summed E-state index contributed by atoms with van der Waals surface area (Å²) in [5.74, 6) is 0. The van der Waals surface area contributed by atoms with Gasteiger partial charge in [0.25, 0.3) is 0 Å². The van der Waals surface area contributed by atoms with Gasteiger partial charge in [0.15, 0.2) is 0 Å². The Kier molecular flexibility index (Phi) is 7.31. The van der Waals surface area contributed by atoms with Gasteiger partial charge in [-0.1, -0.05) is 158 Å². The molecule has 0 unspecified atom stereocenters. The third-order valence-electron chi connectivity index (χ3n) is 17.1. The van der Waals surface area contributed by atoms with Gasteiger partial charge in [0, 0.05) is 65.2 Å². The van der Waals surface area contributed by atoms with Crippen molar-refractivity contribution in [2.24, 2.45) is 0 Å². The SMILES string of the molecule is c1ccc2c(c1)-c1ccccc1C21c2cc3c(cc2Cc2cc4c5ccc6ccccc6c5n(-c5ccc6oc7ccccc7c6c5)c4cc21)c1ccc2ccccc2c1n3-c1ccc2oc3ccccc3c2c1. The van der Waals surface area contributed by atoms with Crippen LogP contribution < -0.4 is 0 Å². The second-order valence-electron chi connectivity index (χ2n) is 20.7. The largest absolute Gasteiger partial charge is 0.456 e. The third-order valence-corrected chi connectivity index (χ3v) is 17.1. The summed E-state index contributed by atoms with van der Waals surface area (Å²) in [5.41, 5.74) is 20.6. The summed E-state index contributed by atoms with van der Waals surface area (Å²) in [6.07, 6.45) is 0.795. The fourth-order valence-corrected chi connectivity index (χ4v) is 14.1. The van der Waals surface area contributed by atoms with E-state index in [4.69, 9.17) is 8.83 Å². The molecule has 4 aromatic heterocycles. The zero-order chi connectivity index (χ0) is 48.0. The number of furan rings is 2. The van der Waals surface area contributed by atoms with Crippen LogP contribution in [0.15, 0.2) is 239 Å². The minimum Gasteiger partial charge on any atom is -0.456 e. The van der Waals surface area contributed by atoms with E-state index >= 15 is 0 Å². The van der Waals surface area contributed by atoms with Crippen molar-refractivity contribution >= 4 is 109 Å². The molecule has 0 aliphatic heterocycles. The van der Waals surface area contributed by atoms with Crippen molar-refractivity contribution in [3.63, 3.8) is 0 Å². The average Bonchev–Trinajstić information content (AvgIpc) is 4.36. The first-order valence-corrected chi connectivity index (χ1v) is 25.7. The van der Waals surface area contributed by atoms with Crippen LogP contribution in [0.2, 0.25) is 0 Å². The maximum absolute atomic E-state index is 6.43. The predicted molar refractivity (Wildman–Crippen MR) is 305 cm³/mol. The van der Waals surface area contributed by atoms with Crippen LogP contribution in [-0.2, 0) is 11.8 Å². The molecule has 74 heavy (non-hydrogen) atoms. The molecular weight excluding hydrogens is 901 g/mol. The molecule has 4 nitrogen and oxygen atoms in total. The number of fused-ring (bicyclic) bond motifs is 25. The molecule has 1 spiro atoms. The van der Waals surface area contributed by atoms with Gasteiger partial charge < -0.3 is 18.0 Å². The second-order valence-corrected chi connectivity index (χ2v) is 20.7. The average molecular weight is 941 g/mol. The minimum atomic E-state index is -0.638. The molecule has 0 saturated carbocycles. The second kappa shape index (κ2) is 13.9. The van der Waals surface area contributed by atoms with E-state index in [2.05, 4.69) is 240 Å². The van der Waals surface area contributed by atoms with Gasteiger partial charge in [-0.3, -0.25) is 0 Å². The van der Waals surface area contributed by atoms with Crippen LogP contribution in [0.25, 0.3) is 132 Å². The van der Waals surface area contributed by atoms with Crippen LogP contribution in [0.1, 0.15) is 33.4 Å². The van der Waals surface area contributed by atoms with Gasteiger partial charge in [0.05, 0.1) is 27.5 Å². The number of para-hydroxylation sites is 2. The first-order valence-electron chi connectivity index (χ1n) is 25.7. The number of nitrogens with zero attached hydrogens (tertiary/aromatic N) is 2. The van der Waals surface area contributed by atoms with E-state index in [1.54, 1.807) is 0 Å². The highest BCUT2D eigenvalue weighted by molar-refractivity contribution is 6.21. The van der Waals surface area contributed by atoms with Crippen molar-refractivity contribution in [3.8, 4) is 22.5 Å². The van der Waals surface area contributed by atoms with Crippen molar-refractivity contribution in [3.05, 3.63) is 264 Å². The lowest BCUT2D eigenvalue weighted by molar-refractivity contribution is 0.668. The van der Waals surface area contributed by atoms with Crippen LogP contribution in [0.5, 0.6) is 0 Å². The highest BCUT2D eigenvalue weighted by Gasteiger charge is 2.50. The Morgan fingerprint density at radius 1 is 0.297 bits per heavy atom. The predicted octanol–water partition coefficient (Wildman–Crippen LogP) is 18.3. The number of hydrogen-bond acceptors (Lipinski definition) is 2. The van der Waals surface area contributed by atoms with E-state index in [1.165, 1.54) is 110 Å². The third kappa shape index (κ3) is 4.84. The molecule has 4 heterocycles. The lowest BCUT2D eigenvalue weighted by Gasteiger charge is -2.40. The Balaban J connectivity index is 0.993. The highest BCUT2D eigenvalue weighted by atomic mass is 16.3. The molecule has 0 N–H and O–H groups in total. The minimum absolute atomic E-state index is 0.638. The number of hydrogen-bond donors (Lipinski definition) is 0. The van der Waals surface area contributed by atoms with E-state index < -0.39 is 5.41 Å². The first-order chi connectivity index (χ1) is 36.7. The summed E-state index contributed by atoms with van der Waals surface area (Å²) in [6, 6.07) is 86.1. The Morgan fingerprint density at radius 3 is 1.22 bits per heavy atom. The van der Waals surface area contributed by atoms with Crippen molar-refractivity contribution < 1.29 is 8.83 Å². The van der Waals surface area contributed by atoms with Crippen molar-refractivity contribution in [2.45, 2.75) is 11.8 Å². The van der Waals surface area contributed by atoms with Crippen molar-refractivity contribution in [2.75, 3.05) is 0 Å². The van der Waals surface area contributed by atoms with Crippen molar-refractivity contribution in [1.29, 1.82) is 0 Å². The molecule has 0 atom stereocenters. The number of aromatic nitrogens is 2. The fraction of sp³-hybridized carbons (Fsp3) is 0.0286. The number of benzene rings is 12. The summed E-state index contributed by atoms with van der Waals surface area (Å²) in [7, 11) is 0. The van der Waals surface area contributed by atoms with Gasteiger partial charge in [0.1, 0.15) is 22.3 Å². The van der Waals surface area contributed by atoms with E-state index in [-0.39, 0.29) is 0 Å². The smallest absolute Gasteiger partial charge is 0.135 e. The molecule has 0 fully saturated rings. The van der Waals surface area contributed by atoms with E-state index in [1.807, 2.05) is 0 Å². The quantitative estimate of drug-likeness (QED) is 0.173. The summed E-state index contributed by atoms with van der Waals surface area (Å²) in [5, 5.41) is 14.4. The topological polar surface area (TPSA) is 36.1 Å². The van der Waals surface area contributed by atoms with E-state index in [0.717, 1.165) is 61.7 Å². The Bertz CT molecular complexity index is 4870. The maximum atomic E-state index is 6.43. The zero-order valence-corrected chi connectivity index (χ0v) is 39.9. The van der Waals surface area contributed by atoms with Gasteiger partial charge >= 0.3 is 0 Å². The molecule has 0 bridgehead atoms. The van der Waals surface area contributed by atoms with Gasteiger partial charge in [-0.25, -0.2) is 0 Å². The highest BCUT2D eigenvalue weighted by Crippen LogP contribution is 2.61. The summed E-state index contributed by atoms with van der Waals surface area (Å²) in [4.78, 5) is 0. The van der Waals surface area contributed by atoms with Crippen LogP contribution in [0, 0.1) is 0 Å². The van der Waals surface area contributed by atoms with Crippen molar-refractivity contribution in [1.82, 2.24) is 9.13 Å². The molecule has 0 saturated heterocycles. The van der Waals surface area contributed by atoms with Gasteiger partial charge in [-0.05, 0) is 134 Å². The molecule has 0 radical (unpaired) electrons. The normalized spacial score (nSPS) is 13.7. The molecule has 342 valence electrons. The van der Waals surface area contributed by atoms with Crippen LogP contribution in [0.3, 0.4) is 0 Å². The van der Waals surface area contributed by atoms with Crippen LogP contribution in [0.4, 0.5) is 0 Å². The molecule has 2 aliphatic rings. The summed E-state index contributed by atoms with van der Waals surface area (Å²) >= 11 is 0. The van der Waals surface area contributed by atoms with Gasteiger partial charge in [-0.15, -0.1) is 0 Å². The Labute approximate surface area is 423 Å². The molecule has 0 amide bonds. The van der Waals surface area contributed by atoms with E-state index in [9.17, 15) is 0 Å². The van der Waals surface area contributed by atoms with Gasteiger partial charge in [-0.2, -0.15) is 0 Å². The Hall–Kier alpha value is -9.64. The van der Waals surface area contributed by atoms with Gasteiger partial charge in [0.2, 0.25) is 0 Å². The summed E-state index contributed by atoms with van der Waals surface area (Å²) < 4.78 is 18.0. The zero-order valence-electron chi connectivity index (χ0n) is 39.9. The molecule has 16 aromatic rings. The van der Waals surface area contributed by atoms with E-state index in [0.29, 0.717) is 0 Å². The Morgan fingerprint density at radius 2 is 0.716 bits per heavy atom. The monoisotopic (exact) mass is 940 g/mol. The number of rotatable bonds is 2.